The summed E-state index contributed by atoms with van der Waals surface area (Å²) in [4.78, 5) is 0. The molecule has 0 spiro atoms. The van der Waals surface area contributed by atoms with Crippen LogP contribution < -0.4 is 15.8 Å². The van der Waals surface area contributed by atoms with E-state index < -0.39 is 0 Å². The van der Waals surface area contributed by atoms with Gasteiger partial charge in [0.1, 0.15) is 11.6 Å². The SMILES string of the molecule is Cn1cc(-c2ccc(N)cc2)c2[nH]nc(OC3CCNCC3)c21. The number of hydrogen-bond donors (Lipinski definition) is 3. The van der Waals surface area contributed by atoms with Crippen LogP contribution in [0, 0.1) is 0 Å². The van der Waals surface area contributed by atoms with E-state index in [0.717, 1.165) is 53.8 Å². The van der Waals surface area contributed by atoms with Crippen molar-refractivity contribution in [2.24, 2.45) is 7.05 Å². The second-order valence-corrected chi connectivity index (χ2v) is 6.10. The molecule has 0 radical (unpaired) electrons. The lowest BCUT2D eigenvalue weighted by molar-refractivity contribution is 0.157. The largest absolute Gasteiger partial charge is 0.472 e. The molecule has 0 amide bonds. The highest BCUT2D eigenvalue weighted by Gasteiger charge is 2.21. The van der Waals surface area contributed by atoms with Crippen molar-refractivity contribution in [2.45, 2.75) is 18.9 Å². The molecular formula is C17H21N5O. The van der Waals surface area contributed by atoms with E-state index in [9.17, 15) is 0 Å². The van der Waals surface area contributed by atoms with Crippen LogP contribution in [-0.4, -0.2) is 34.0 Å². The molecule has 120 valence electrons. The molecule has 23 heavy (non-hydrogen) atoms. The summed E-state index contributed by atoms with van der Waals surface area (Å²) < 4.78 is 8.20. The number of benzene rings is 1. The number of fused-ring (bicyclic) bond motifs is 1. The van der Waals surface area contributed by atoms with Gasteiger partial charge in [0, 0.05) is 24.5 Å². The van der Waals surface area contributed by atoms with Gasteiger partial charge in [-0.15, -0.1) is 5.10 Å². The van der Waals surface area contributed by atoms with E-state index >= 15 is 0 Å². The van der Waals surface area contributed by atoms with Crippen LogP contribution in [0.25, 0.3) is 22.2 Å². The van der Waals surface area contributed by atoms with Crippen LogP contribution in [0.2, 0.25) is 0 Å². The fraction of sp³-hybridized carbons (Fsp3) is 0.353. The molecule has 3 aromatic rings. The molecule has 1 saturated heterocycles. The van der Waals surface area contributed by atoms with Gasteiger partial charge in [-0.3, -0.25) is 5.10 Å². The summed E-state index contributed by atoms with van der Waals surface area (Å²) in [7, 11) is 2.02. The number of nitrogen functional groups attached to an aromatic ring is 1. The lowest BCUT2D eigenvalue weighted by Crippen LogP contribution is -2.34. The molecule has 0 aliphatic carbocycles. The van der Waals surface area contributed by atoms with E-state index in [-0.39, 0.29) is 6.10 Å². The highest BCUT2D eigenvalue weighted by molar-refractivity contribution is 5.95. The Morgan fingerprint density at radius 3 is 2.70 bits per heavy atom. The molecule has 0 atom stereocenters. The zero-order chi connectivity index (χ0) is 15.8. The summed E-state index contributed by atoms with van der Waals surface area (Å²) in [6.07, 6.45) is 4.37. The molecule has 4 N–H and O–H groups in total. The van der Waals surface area contributed by atoms with Crippen LogP contribution >= 0.6 is 0 Å². The average molecular weight is 311 g/mol. The lowest BCUT2D eigenvalue weighted by Gasteiger charge is -2.22. The molecule has 6 nitrogen and oxygen atoms in total. The highest BCUT2D eigenvalue weighted by Crippen LogP contribution is 2.34. The van der Waals surface area contributed by atoms with Crippen molar-refractivity contribution < 1.29 is 4.74 Å². The van der Waals surface area contributed by atoms with Crippen molar-refractivity contribution in [2.75, 3.05) is 18.8 Å². The standard InChI is InChI=1S/C17H21N5O/c1-22-10-14(11-2-4-12(18)5-3-11)15-16(22)17(21-20-15)23-13-6-8-19-9-7-13/h2-5,10,13,19H,6-9,18H2,1H3,(H,20,21). The summed E-state index contributed by atoms with van der Waals surface area (Å²) in [5, 5.41) is 10.9. The zero-order valence-corrected chi connectivity index (χ0v) is 13.2. The molecule has 0 unspecified atom stereocenters. The van der Waals surface area contributed by atoms with Crippen molar-refractivity contribution >= 4 is 16.7 Å². The first kappa shape index (κ1) is 14.1. The van der Waals surface area contributed by atoms with E-state index in [2.05, 4.69) is 26.3 Å². The first-order valence-corrected chi connectivity index (χ1v) is 7.99. The maximum Gasteiger partial charge on any atom is 0.257 e. The van der Waals surface area contributed by atoms with Gasteiger partial charge in [-0.25, -0.2) is 0 Å². The molecule has 1 aromatic carbocycles. The molecule has 0 bridgehead atoms. The van der Waals surface area contributed by atoms with E-state index in [1.54, 1.807) is 0 Å². The maximum absolute atomic E-state index is 6.13. The number of anilines is 1. The predicted molar refractivity (Wildman–Crippen MR) is 91.4 cm³/mol. The second kappa shape index (κ2) is 5.62. The van der Waals surface area contributed by atoms with Crippen LogP contribution in [0.15, 0.2) is 30.5 Å². The summed E-state index contributed by atoms with van der Waals surface area (Å²) in [5.41, 5.74) is 10.8. The highest BCUT2D eigenvalue weighted by atomic mass is 16.5. The molecule has 6 heteroatoms. The Labute approximate surface area is 134 Å². The van der Waals surface area contributed by atoms with Crippen LogP contribution in [0.3, 0.4) is 0 Å². The van der Waals surface area contributed by atoms with Crippen LogP contribution in [-0.2, 0) is 7.05 Å². The molecule has 3 heterocycles. The Balaban J connectivity index is 1.70. The van der Waals surface area contributed by atoms with E-state index in [0.29, 0.717) is 5.88 Å². The topological polar surface area (TPSA) is 80.9 Å². The van der Waals surface area contributed by atoms with Gasteiger partial charge in [0.05, 0.1) is 5.52 Å². The number of piperidine rings is 1. The van der Waals surface area contributed by atoms with Crippen molar-refractivity contribution in [1.82, 2.24) is 20.1 Å². The van der Waals surface area contributed by atoms with Gasteiger partial charge < -0.3 is 20.4 Å². The number of hydrogen-bond acceptors (Lipinski definition) is 4. The molecule has 4 rings (SSSR count). The third-order valence-electron chi connectivity index (χ3n) is 4.44. The van der Waals surface area contributed by atoms with Crippen LogP contribution in [0.4, 0.5) is 5.69 Å². The Hall–Kier alpha value is -2.47. The number of aromatic amines is 1. The summed E-state index contributed by atoms with van der Waals surface area (Å²) in [5.74, 6) is 0.691. The van der Waals surface area contributed by atoms with E-state index in [4.69, 9.17) is 10.5 Å². The Morgan fingerprint density at radius 2 is 1.96 bits per heavy atom. The zero-order valence-electron chi connectivity index (χ0n) is 13.2. The van der Waals surface area contributed by atoms with E-state index in [1.165, 1.54) is 0 Å². The molecule has 1 fully saturated rings. The summed E-state index contributed by atoms with van der Waals surface area (Å²) >= 11 is 0. The normalized spacial score (nSPS) is 16.0. The monoisotopic (exact) mass is 311 g/mol. The Morgan fingerprint density at radius 1 is 1.22 bits per heavy atom. The van der Waals surface area contributed by atoms with Crippen LogP contribution in [0.5, 0.6) is 5.88 Å². The van der Waals surface area contributed by atoms with E-state index in [1.807, 2.05) is 31.3 Å². The second-order valence-electron chi connectivity index (χ2n) is 6.10. The van der Waals surface area contributed by atoms with Crippen molar-refractivity contribution in [1.29, 1.82) is 0 Å². The number of aryl methyl sites for hydroxylation is 1. The third kappa shape index (κ3) is 2.55. The minimum absolute atomic E-state index is 0.234. The van der Waals surface area contributed by atoms with Crippen LogP contribution in [0.1, 0.15) is 12.8 Å². The van der Waals surface area contributed by atoms with Gasteiger partial charge in [0.15, 0.2) is 0 Å². The quantitative estimate of drug-likeness (QED) is 0.648. The first-order valence-electron chi connectivity index (χ1n) is 7.99. The Bertz CT molecular complexity index is 811. The molecular weight excluding hydrogens is 290 g/mol. The molecule has 2 aromatic heterocycles. The summed E-state index contributed by atoms with van der Waals surface area (Å²) in [6.45, 7) is 2.00. The van der Waals surface area contributed by atoms with Gasteiger partial charge in [-0.05, 0) is 43.6 Å². The van der Waals surface area contributed by atoms with Gasteiger partial charge in [-0.2, -0.15) is 0 Å². The fourth-order valence-corrected chi connectivity index (χ4v) is 3.19. The maximum atomic E-state index is 6.13. The Kier molecular flexibility index (Phi) is 3.46. The minimum atomic E-state index is 0.234. The van der Waals surface area contributed by atoms with Crippen molar-refractivity contribution in [3.8, 4) is 17.0 Å². The predicted octanol–water partition coefficient (Wildman–Crippen LogP) is 2.28. The van der Waals surface area contributed by atoms with Gasteiger partial charge in [0.2, 0.25) is 0 Å². The first-order chi connectivity index (χ1) is 11.2. The fourth-order valence-electron chi connectivity index (χ4n) is 3.19. The number of H-pyrrole nitrogens is 1. The van der Waals surface area contributed by atoms with Crippen molar-refractivity contribution in [3.05, 3.63) is 30.5 Å². The van der Waals surface area contributed by atoms with Gasteiger partial charge in [-0.1, -0.05) is 12.1 Å². The molecule has 1 aliphatic rings. The average Bonchev–Trinajstić information content (AvgIpc) is 3.12. The number of ether oxygens (including phenoxy) is 1. The van der Waals surface area contributed by atoms with Gasteiger partial charge in [0.25, 0.3) is 5.88 Å². The lowest BCUT2D eigenvalue weighted by atomic mass is 10.1. The number of nitrogens with two attached hydrogens (primary N) is 1. The number of rotatable bonds is 3. The minimum Gasteiger partial charge on any atom is -0.472 e. The number of nitrogens with zero attached hydrogens (tertiary/aromatic N) is 2. The molecule has 1 aliphatic heterocycles. The third-order valence-corrected chi connectivity index (χ3v) is 4.44. The summed E-state index contributed by atoms with van der Waals surface area (Å²) in [6, 6.07) is 7.88. The number of nitrogens with one attached hydrogen (secondary N) is 2. The molecule has 0 saturated carbocycles. The van der Waals surface area contributed by atoms with Gasteiger partial charge >= 0.3 is 0 Å². The number of aromatic nitrogens is 3. The van der Waals surface area contributed by atoms with Crippen molar-refractivity contribution in [3.63, 3.8) is 0 Å². The smallest absolute Gasteiger partial charge is 0.257 e.